The lowest BCUT2D eigenvalue weighted by atomic mass is 9.99. The monoisotopic (exact) mass is 417 g/mol. The molecule has 1 saturated heterocycles. The molecule has 1 atom stereocenters. The van der Waals surface area contributed by atoms with E-state index in [1.807, 2.05) is 29.3 Å². The topological polar surface area (TPSA) is 71.5 Å². The number of aryl methyl sites for hydroxylation is 1. The molecule has 0 radical (unpaired) electrons. The zero-order valence-electron chi connectivity index (χ0n) is 15.8. The molecule has 8 heteroatoms. The standard InChI is InChI=1S/C20H23N3O3S2/c1-13-11-27-20(21-13)28-12-18(24)23-7-6-14-4-5-16(9-15(14)10-23)22-19(25)17-3-2-8-26-17/h4-5,9,11,17H,2-3,6-8,10,12H2,1H3,(H,22,25). The van der Waals surface area contributed by atoms with Crippen molar-refractivity contribution in [1.82, 2.24) is 9.88 Å². The number of thioether (sulfide) groups is 1. The number of hydrogen-bond donors (Lipinski definition) is 1. The van der Waals surface area contributed by atoms with E-state index in [0.29, 0.717) is 18.9 Å². The van der Waals surface area contributed by atoms with Crippen LogP contribution in [0.4, 0.5) is 5.69 Å². The van der Waals surface area contributed by atoms with Crippen molar-refractivity contribution in [1.29, 1.82) is 0 Å². The third-order valence-corrected chi connectivity index (χ3v) is 7.10. The molecule has 1 aromatic carbocycles. The molecule has 28 heavy (non-hydrogen) atoms. The molecule has 6 nitrogen and oxygen atoms in total. The highest BCUT2D eigenvalue weighted by molar-refractivity contribution is 8.01. The summed E-state index contributed by atoms with van der Waals surface area (Å²) in [5.41, 5.74) is 4.09. The van der Waals surface area contributed by atoms with Crippen molar-refractivity contribution in [3.05, 3.63) is 40.4 Å². The summed E-state index contributed by atoms with van der Waals surface area (Å²) in [6, 6.07) is 5.97. The number of carbonyl (C=O) groups excluding carboxylic acids is 2. The SMILES string of the molecule is Cc1csc(SCC(=O)N2CCc3ccc(NC(=O)C4CCCO4)cc3C2)n1. The Bertz CT molecular complexity index is 877. The Hall–Kier alpha value is -1.90. The van der Waals surface area contributed by atoms with Gasteiger partial charge in [0, 0.05) is 36.5 Å². The summed E-state index contributed by atoms with van der Waals surface area (Å²) < 4.78 is 6.37. The van der Waals surface area contributed by atoms with E-state index in [-0.39, 0.29) is 17.9 Å². The van der Waals surface area contributed by atoms with Gasteiger partial charge in [-0.15, -0.1) is 11.3 Å². The number of anilines is 1. The molecular formula is C20H23N3O3S2. The molecule has 2 amide bonds. The third kappa shape index (κ3) is 4.56. The number of carbonyl (C=O) groups is 2. The number of aromatic nitrogens is 1. The molecule has 2 aliphatic rings. The van der Waals surface area contributed by atoms with Gasteiger partial charge in [0.1, 0.15) is 6.10 Å². The quantitative estimate of drug-likeness (QED) is 0.756. The molecule has 2 aliphatic heterocycles. The summed E-state index contributed by atoms with van der Waals surface area (Å²) in [5.74, 6) is 0.436. The number of benzene rings is 1. The van der Waals surface area contributed by atoms with E-state index < -0.39 is 0 Å². The van der Waals surface area contributed by atoms with E-state index in [0.717, 1.165) is 47.1 Å². The molecule has 2 aromatic rings. The van der Waals surface area contributed by atoms with E-state index in [2.05, 4.69) is 16.4 Å². The van der Waals surface area contributed by atoms with Crippen LogP contribution in [0.15, 0.2) is 27.9 Å². The van der Waals surface area contributed by atoms with Crippen LogP contribution in [0.2, 0.25) is 0 Å². The average molecular weight is 418 g/mol. The molecule has 0 aliphatic carbocycles. The van der Waals surface area contributed by atoms with Crippen molar-refractivity contribution in [3.63, 3.8) is 0 Å². The summed E-state index contributed by atoms with van der Waals surface area (Å²) in [4.78, 5) is 31.2. The second kappa shape index (κ2) is 8.63. The van der Waals surface area contributed by atoms with Crippen LogP contribution in [0.1, 0.15) is 29.7 Å². The Balaban J connectivity index is 1.36. The number of ether oxygens (including phenoxy) is 1. The van der Waals surface area contributed by atoms with Crippen LogP contribution in [-0.2, 0) is 27.3 Å². The first-order valence-electron chi connectivity index (χ1n) is 9.45. The normalized spacial score (nSPS) is 18.8. The number of fused-ring (bicyclic) bond motifs is 1. The van der Waals surface area contributed by atoms with Crippen molar-refractivity contribution >= 4 is 40.6 Å². The molecule has 0 saturated carbocycles. The van der Waals surface area contributed by atoms with Crippen molar-refractivity contribution in [2.24, 2.45) is 0 Å². The van der Waals surface area contributed by atoms with Gasteiger partial charge in [-0.25, -0.2) is 4.98 Å². The minimum Gasteiger partial charge on any atom is -0.368 e. The highest BCUT2D eigenvalue weighted by atomic mass is 32.2. The average Bonchev–Trinajstić information content (AvgIpc) is 3.37. The highest BCUT2D eigenvalue weighted by Gasteiger charge is 2.25. The van der Waals surface area contributed by atoms with E-state index in [1.165, 1.54) is 17.3 Å². The van der Waals surface area contributed by atoms with Gasteiger partial charge in [0.2, 0.25) is 5.91 Å². The maximum Gasteiger partial charge on any atom is 0.253 e. The third-order valence-electron chi connectivity index (χ3n) is 4.98. The number of nitrogens with one attached hydrogen (secondary N) is 1. The maximum absolute atomic E-state index is 12.6. The fraction of sp³-hybridized carbons (Fsp3) is 0.450. The Morgan fingerprint density at radius 2 is 2.29 bits per heavy atom. The zero-order chi connectivity index (χ0) is 19.5. The first kappa shape index (κ1) is 19.4. The van der Waals surface area contributed by atoms with Crippen molar-refractivity contribution < 1.29 is 14.3 Å². The van der Waals surface area contributed by atoms with Crippen LogP contribution in [0.5, 0.6) is 0 Å². The van der Waals surface area contributed by atoms with E-state index in [1.54, 1.807) is 11.3 Å². The van der Waals surface area contributed by atoms with Gasteiger partial charge in [-0.2, -0.15) is 0 Å². The molecule has 0 bridgehead atoms. The lowest BCUT2D eigenvalue weighted by Gasteiger charge is -2.29. The minimum atomic E-state index is -0.347. The highest BCUT2D eigenvalue weighted by Crippen LogP contribution is 2.26. The van der Waals surface area contributed by atoms with Crippen molar-refractivity contribution in [2.45, 2.75) is 43.2 Å². The molecule has 1 fully saturated rings. The number of nitrogens with zero attached hydrogens (tertiary/aromatic N) is 2. The smallest absolute Gasteiger partial charge is 0.253 e. The Morgan fingerprint density at radius 3 is 3.04 bits per heavy atom. The lowest BCUT2D eigenvalue weighted by Crippen LogP contribution is -2.37. The molecule has 1 aromatic heterocycles. The Kier molecular flexibility index (Phi) is 5.99. The van der Waals surface area contributed by atoms with Crippen LogP contribution in [0.25, 0.3) is 0 Å². The van der Waals surface area contributed by atoms with Gasteiger partial charge in [-0.3, -0.25) is 9.59 Å². The van der Waals surface area contributed by atoms with Crippen molar-refractivity contribution in [2.75, 3.05) is 24.2 Å². The van der Waals surface area contributed by atoms with Gasteiger partial charge in [0.05, 0.1) is 5.75 Å². The lowest BCUT2D eigenvalue weighted by molar-refractivity contribution is -0.129. The van der Waals surface area contributed by atoms with Crippen LogP contribution in [0, 0.1) is 6.92 Å². The van der Waals surface area contributed by atoms with Crippen LogP contribution >= 0.6 is 23.1 Å². The summed E-state index contributed by atoms with van der Waals surface area (Å²) >= 11 is 3.07. The zero-order valence-corrected chi connectivity index (χ0v) is 17.4. The van der Waals surface area contributed by atoms with E-state index in [4.69, 9.17) is 4.74 Å². The molecule has 1 N–H and O–H groups in total. The largest absolute Gasteiger partial charge is 0.368 e. The summed E-state index contributed by atoms with van der Waals surface area (Å²) in [7, 11) is 0. The number of amides is 2. The summed E-state index contributed by atoms with van der Waals surface area (Å²) in [6.45, 7) is 3.91. The minimum absolute atomic E-state index is 0.0867. The van der Waals surface area contributed by atoms with Crippen LogP contribution in [-0.4, -0.2) is 46.7 Å². The number of hydrogen-bond acceptors (Lipinski definition) is 6. The fourth-order valence-electron chi connectivity index (χ4n) is 3.47. The molecule has 0 spiro atoms. The van der Waals surface area contributed by atoms with Gasteiger partial charge >= 0.3 is 0 Å². The second-order valence-corrected chi connectivity index (χ2v) is 9.16. The second-order valence-electron chi connectivity index (χ2n) is 7.08. The van der Waals surface area contributed by atoms with Crippen molar-refractivity contribution in [3.8, 4) is 0 Å². The van der Waals surface area contributed by atoms with E-state index in [9.17, 15) is 9.59 Å². The van der Waals surface area contributed by atoms with Crippen LogP contribution in [0.3, 0.4) is 0 Å². The first-order chi connectivity index (χ1) is 13.6. The maximum atomic E-state index is 12.6. The molecule has 1 unspecified atom stereocenters. The first-order valence-corrected chi connectivity index (χ1v) is 11.3. The molecule has 4 rings (SSSR count). The van der Waals surface area contributed by atoms with Gasteiger partial charge < -0.3 is 15.0 Å². The molecular weight excluding hydrogens is 394 g/mol. The number of rotatable bonds is 5. The Labute approximate surface area is 172 Å². The van der Waals surface area contributed by atoms with Gasteiger partial charge in [0.25, 0.3) is 5.91 Å². The Morgan fingerprint density at radius 1 is 1.39 bits per heavy atom. The predicted octanol–water partition coefficient (Wildman–Crippen LogP) is 3.25. The fourth-order valence-corrected chi connectivity index (χ4v) is 5.22. The molecule has 148 valence electrons. The van der Waals surface area contributed by atoms with Gasteiger partial charge in [-0.1, -0.05) is 17.8 Å². The van der Waals surface area contributed by atoms with Gasteiger partial charge in [0.15, 0.2) is 4.34 Å². The van der Waals surface area contributed by atoms with Crippen LogP contribution < -0.4 is 5.32 Å². The summed E-state index contributed by atoms with van der Waals surface area (Å²) in [5, 5.41) is 4.95. The summed E-state index contributed by atoms with van der Waals surface area (Å²) in [6.07, 6.45) is 2.19. The van der Waals surface area contributed by atoms with E-state index >= 15 is 0 Å². The molecule has 3 heterocycles. The number of thiazole rings is 1. The predicted molar refractivity (Wildman–Crippen MR) is 111 cm³/mol. The van der Waals surface area contributed by atoms with Gasteiger partial charge in [-0.05, 0) is 49.4 Å².